The van der Waals surface area contributed by atoms with E-state index in [2.05, 4.69) is 232 Å². The highest BCUT2D eigenvalue weighted by Crippen LogP contribution is 2.42. The average molecular weight is 927 g/mol. The molecule has 3 aromatic heterocycles. The summed E-state index contributed by atoms with van der Waals surface area (Å²) in [5.41, 5.74) is 18.1. The summed E-state index contributed by atoms with van der Waals surface area (Å²) in [6, 6.07) is 80.9. The Morgan fingerprint density at radius 2 is 0.514 bits per heavy atom. The largest absolute Gasteiger partial charge is 0.249 e. The molecule has 0 aliphatic rings. The van der Waals surface area contributed by atoms with Gasteiger partial charge in [-0.2, -0.15) is 0 Å². The van der Waals surface area contributed by atoms with E-state index in [0.29, 0.717) is 0 Å². The maximum absolute atomic E-state index is 5.19. The van der Waals surface area contributed by atoms with Crippen molar-refractivity contribution >= 4 is 95.6 Å². The molecule has 70 heavy (non-hydrogen) atoms. The summed E-state index contributed by atoms with van der Waals surface area (Å²) in [5, 5.41) is 9.83. The highest BCUT2D eigenvalue weighted by Gasteiger charge is 2.17. The predicted octanol–water partition coefficient (Wildman–Crippen LogP) is 19.3. The minimum Gasteiger partial charge on any atom is -0.249 e. The first-order valence-corrected chi connectivity index (χ1v) is 25.5. The minimum atomic E-state index is 0.942. The van der Waals surface area contributed by atoms with Gasteiger partial charge in [0.05, 0.1) is 22.4 Å². The third-order valence-corrected chi connectivity index (χ3v) is 16.7. The van der Waals surface area contributed by atoms with E-state index < -0.39 is 0 Å². The second-order valence-corrected chi connectivity index (χ2v) is 20.7. The molecular formula is C66H42N2S2. The molecule has 0 atom stereocenters. The van der Waals surface area contributed by atoms with Crippen molar-refractivity contribution in [3.05, 3.63) is 230 Å². The fraction of sp³-hybridized carbons (Fsp3) is 0.0303. The topological polar surface area (TPSA) is 25.8 Å². The number of aryl methyl sites for hydroxylation is 2. The summed E-state index contributed by atoms with van der Waals surface area (Å²) in [7, 11) is 0. The molecule has 0 saturated carbocycles. The van der Waals surface area contributed by atoms with E-state index in [1.54, 1.807) is 0 Å². The number of nitrogens with zero attached hydrogens (tertiary/aromatic N) is 2. The molecule has 0 radical (unpaired) electrons. The van der Waals surface area contributed by atoms with Crippen LogP contribution in [0.15, 0.2) is 218 Å². The van der Waals surface area contributed by atoms with Crippen molar-refractivity contribution in [2.24, 2.45) is 0 Å². The third kappa shape index (κ3) is 6.82. The van der Waals surface area contributed by atoms with Gasteiger partial charge in [-0.3, -0.25) is 0 Å². The summed E-state index contributed by atoms with van der Waals surface area (Å²) in [6.07, 6.45) is 0. The lowest BCUT2D eigenvalue weighted by Crippen LogP contribution is -1.96. The molecule has 0 bridgehead atoms. The summed E-state index contributed by atoms with van der Waals surface area (Å²) in [4.78, 5) is 10.4. The van der Waals surface area contributed by atoms with E-state index in [1.165, 1.54) is 107 Å². The Bertz CT molecular complexity index is 4170. The van der Waals surface area contributed by atoms with Gasteiger partial charge in [0.15, 0.2) is 0 Å². The molecule has 0 aliphatic carbocycles. The number of thiophene rings is 2. The normalized spacial score (nSPS) is 11.9. The molecule has 3 heterocycles. The Morgan fingerprint density at radius 1 is 0.229 bits per heavy atom. The molecule has 0 saturated heterocycles. The van der Waals surface area contributed by atoms with Crippen LogP contribution in [0.5, 0.6) is 0 Å². The monoisotopic (exact) mass is 926 g/mol. The van der Waals surface area contributed by atoms with Gasteiger partial charge in [-0.05, 0) is 164 Å². The average Bonchev–Trinajstić information content (AvgIpc) is 3.99. The summed E-state index contributed by atoms with van der Waals surface area (Å²) in [6.45, 7) is 4.12. The first-order valence-electron chi connectivity index (χ1n) is 23.9. The lowest BCUT2D eigenvalue weighted by Gasteiger charge is -2.15. The molecule has 0 fully saturated rings. The van der Waals surface area contributed by atoms with Gasteiger partial charge < -0.3 is 0 Å². The standard InChI is InChI=1S/C66H42N2S2/c1-39-40(2)68-66-56-28-24-50(46-16-8-12-42(32-46)44-14-10-18-48(34-44)52-26-30-64-60(38-52)54-20-4-6-22-62(54)70-64)36-58(56)57-35-49(23-27-55(57)65(66)67-39)45-15-7-11-41(31-45)43-13-9-17-47(33-43)51-25-29-63-59(37-51)53-19-3-5-21-61(53)69-63/h3-38H,1-2H3. The van der Waals surface area contributed by atoms with E-state index >= 15 is 0 Å². The number of benzene rings is 11. The Kier molecular flexibility index (Phi) is 9.42. The molecule has 11 aromatic carbocycles. The van der Waals surface area contributed by atoms with Crippen molar-refractivity contribution < 1.29 is 0 Å². The van der Waals surface area contributed by atoms with Crippen LogP contribution in [-0.2, 0) is 0 Å². The van der Waals surface area contributed by atoms with Crippen LogP contribution in [0.3, 0.4) is 0 Å². The Morgan fingerprint density at radius 3 is 0.871 bits per heavy atom. The maximum Gasteiger partial charge on any atom is 0.0975 e. The van der Waals surface area contributed by atoms with Crippen LogP contribution < -0.4 is 0 Å². The fourth-order valence-corrected chi connectivity index (χ4v) is 12.8. The van der Waals surface area contributed by atoms with Crippen LogP contribution in [0.4, 0.5) is 0 Å². The lowest BCUT2D eigenvalue weighted by molar-refractivity contribution is 1.11. The van der Waals surface area contributed by atoms with Crippen LogP contribution in [0.1, 0.15) is 11.4 Å². The zero-order chi connectivity index (χ0) is 46.5. The highest BCUT2D eigenvalue weighted by molar-refractivity contribution is 7.26. The Balaban J connectivity index is 0.846. The van der Waals surface area contributed by atoms with Crippen LogP contribution in [0, 0.1) is 13.8 Å². The molecule has 2 nitrogen and oxygen atoms in total. The van der Waals surface area contributed by atoms with Crippen molar-refractivity contribution in [3.63, 3.8) is 0 Å². The summed E-state index contributed by atoms with van der Waals surface area (Å²) >= 11 is 3.72. The quantitative estimate of drug-likeness (QED) is 0.155. The number of hydrogen-bond acceptors (Lipinski definition) is 4. The second kappa shape index (κ2) is 16.2. The van der Waals surface area contributed by atoms with Crippen molar-refractivity contribution in [1.29, 1.82) is 0 Å². The van der Waals surface area contributed by atoms with Crippen molar-refractivity contribution in [3.8, 4) is 66.8 Å². The zero-order valence-corrected chi connectivity index (χ0v) is 40.1. The van der Waals surface area contributed by atoms with Crippen LogP contribution >= 0.6 is 22.7 Å². The smallest absolute Gasteiger partial charge is 0.0975 e. The van der Waals surface area contributed by atoms with Gasteiger partial charge in [-0.25, -0.2) is 9.97 Å². The van der Waals surface area contributed by atoms with Gasteiger partial charge in [-0.15, -0.1) is 22.7 Å². The van der Waals surface area contributed by atoms with Crippen molar-refractivity contribution in [2.75, 3.05) is 0 Å². The first kappa shape index (κ1) is 40.8. The number of hydrogen-bond donors (Lipinski definition) is 0. The van der Waals surface area contributed by atoms with Gasteiger partial charge >= 0.3 is 0 Å². The summed E-state index contributed by atoms with van der Waals surface area (Å²) in [5.74, 6) is 0. The molecule has 4 heteroatoms. The number of fused-ring (bicyclic) bond motifs is 12. The minimum absolute atomic E-state index is 0.942. The van der Waals surface area contributed by atoms with Crippen molar-refractivity contribution in [2.45, 2.75) is 13.8 Å². The third-order valence-electron chi connectivity index (χ3n) is 14.4. The van der Waals surface area contributed by atoms with E-state index in [4.69, 9.17) is 9.97 Å². The van der Waals surface area contributed by atoms with E-state index in [9.17, 15) is 0 Å². The molecule has 14 aromatic rings. The second-order valence-electron chi connectivity index (χ2n) is 18.6. The van der Waals surface area contributed by atoms with E-state index in [-0.39, 0.29) is 0 Å². The van der Waals surface area contributed by atoms with Crippen LogP contribution in [0.2, 0.25) is 0 Å². The maximum atomic E-state index is 5.19. The molecule has 14 rings (SSSR count). The SMILES string of the molecule is Cc1nc2c3ccc(-c4cccc(-c5cccc(-c6ccc7sc8ccccc8c7c6)c5)c4)cc3c3cc(-c4cccc(-c5cccc(-c6ccc7sc8ccccc8c7c6)c5)c4)ccc3c2nc1C. The predicted molar refractivity (Wildman–Crippen MR) is 302 cm³/mol. The molecule has 0 amide bonds. The summed E-state index contributed by atoms with van der Waals surface area (Å²) < 4.78 is 5.30. The van der Waals surface area contributed by atoms with E-state index in [0.717, 1.165) is 44.3 Å². The van der Waals surface area contributed by atoms with Gasteiger partial charge in [0, 0.05) is 51.1 Å². The number of aromatic nitrogens is 2. The van der Waals surface area contributed by atoms with Gasteiger partial charge in [0.1, 0.15) is 0 Å². The lowest BCUT2D eigenvalue weighted by atomic mass is 9.91. The molecule has 328 valence electrons. The zero-order valence-electron chi connectivity index (χ0n) is 38.5. The van der Waals surface area contributed by atoms with Crippen LogP contribution in [-0.4, -0.2) is 9.97 Å². The van der Waals surface area contributed by atoms with Crippen molar-refractivity contribution in [1.82, 2.24) is 9.97 Å². The molecule has 0 N–H and O–H groups in total. The van der Waals surface area contributed by atoms with Gasteiger partial charge in [0.25, 0.3) is 0 Å². The Labute approximate surface area is 413 Å². The molecule has 0 unspecified atom stereocenters. The Hall–Kier alpha value is -8.28. The molecular weight excluding hydrogens is 885 g/mol. The van der Waals surface area contributed by atoms with Gasteiger partial charge in [-0.1, -0.05) is 146 Å². The highest BCUT2D eigenvalue weighted by atomic mass is 32.1. The van der Waals surface area contributed by atoms with Gasteiger partial charge in [0.2, 0.25) is 0 Å². The molecule has 0 aliphatic heterocycles. The first-order chi connectivity index (χ1) is 34.5. The number of rotatable bonds is 6. The molecule has 0 spiro atoms. The van der Waals surface area contributed by atoms with Crippen LogP contribution in [0.25, 0.3) is 140 Å². The fourth-order valence-electron chi connectivity index (χ4n) is 10.6. The van der Waals surface area contributed by atoms with E-state index in [1.807, 2.05) is 22.7 Å².